The molecule has 4 aliphatic heterocycles. The number of benzene rings is 2. The molecule has 10 nitrogen and oxygen atoms in total. The predicted octanol–water partition coefficient (Wildman–Crippen LogP) is 32.4. The van der Waals surface area contributed by atoms with Gasteiger partial charge in [-0.25, -0.2) is 0 Å². The second kappa shape index (κ2) is 40.2. The van der Waals surface area contributed by atoms with E-state index in [-0.39, 0.29) is 11.2 Å². The first-order chi connectivity index (χ1) is 50.8. The molecule has 0 amide bonds. The molecule has 4 unspecified atom stereocenters. The van der Waals surface area contributed by atoms with Gasteiger partial charge in [0.1, 0.15) is 56.2 Å². The minimum absolute atomic E-state index is 0.166. The summed E-state index contributed by atoms with van der Waals surface area (Å²) in [5, 5.41) is 0. The van der Waals surface area contributed by atoms with Crippen molar-refractivity contribution in [3.63, 3.8) is 0 Å². The molecule has 106 heavy (non-hydrogen) atoms. The molecular weight excluding hydrogens is 1700 g/mol. The van der Waals surface area contributed by atoms with Crippen LogP contribution in [0.1, 0.15) is 297 Å². The van der Waals surface area contributed by atoms with Crippen LogP contribution >= 0.6 is 101 Å². The number of rotatable bonds is 39. The zero-order chi connectivity index (χ0) is 76.0. The van der Waals surface area contributed by atoms with E-state index in [2.05, 4.69) is 210 Å². The molecule has 0 radical (unpaired) electrons. The Morgan fingerprint density at radius 1 is 0.396 bits per heavy atom. The van der Waals surface area contributed by atoms with Gasteiger partial charge in [-0.05, 0) is 107 Å². The van der Waals surface area contributed by atoms with E-state index in [1.54, 1.807) is 23.8 Å². The summed E-state index contributed by atoms with van der Waals surface area (Å²) < 4.78 is 58.9. The van der Waals surface area contributed by atoms with Crippen molar-refractivity contribution >= 4 is 189 Å². The first kappa shape index (κ1) is 86.3. The molecule has 12 rings (SSSR count). The zero-order valence-corrected chi connectivity index (χ0v) is 79.9. The number of thiophene rings is 4. The normalized spacial score (nSPS) is 17.3. The van der Waals surface area contributed by atoms with Gasteiger partial charge in [-0.3, -0.25) is 0 Å². The molecule has 0 fully saturated rings. The molecule has 0 saturated heterocycles. The molecule has 0 bridgehead atoms. The van der Waals surface area contributed by atoms with E-state index in [0.29, 0.717) is 11.8 Å². The van der Waals surface area contributed by atoms with E-state index in [4.69, 9.17) is 26.9 Å². The Morgan fingerprint density at radius 3 is 1.17 bits per heavy atom. The Bertz CT molecular complexity index is 4220. The van der Waals surface area contributed by atoms with Crippen molar-refractivity contribution in [2.24, 2.45) is 64.8 Å². The standard InChI is InChI=1S/C37H50N4OS4.C30H47OS2.C6Br2N4S2.3C4H9.Sn/c1-21(2)11-9-13-23(5)15-17-37(18-16-24(6)14-10-12-22(3)4)27-20-29(44-35(27)36-28(42-37)19-25(7)43-36)30-33-31(38-45-40-33)26(8)32-34(30)41-46-39-32;1-21(2)10-8-12-23(5)14-17-30(18-15-24(6)13-9-11-22(3)4)26-16-19-32-28(26)29-27(31-30)20-25(7)33-29;7-1-3-5(11-13-9-3)2(8)6-4(1)10-14-12-6;3*1-3-4-2;/h19-24H,9-18H2,1-8H3;16,20-24H,8-15,17-18H2,1-7H3;;3*1,3-4H2,2H3;. The third kappa shape index (κ3) is 21.3. The van der Waals surface area contributed by atoms with E-state index in [9.17, 15) is 0 Å². The summed E-state index contributed by atoms with van der Waals surface area (Å²) in [6, 6.07) is 9.96. The number of nitrogens with zero attached hydrogens (tertiary/aromatic N) is 8. The average Bonchev–Trinajstić information content (AvgIpc) is 1.56. The minimum atomic E-state index is -2.59. The van der Waals surface area contributed by atoms with E-state index in [1.807, 2.05) is 36.9 Å². The van der Waals surface area contributed by atoms with E-state index < -0.39 is 18.4 Å². The van der Waals surface area contributed by atoms with Crippen LogP contribution in [0.5, 0.6) is 11.5 Å². The van der Waals surface area contributed by atoms with Crippen LogP contribution < -0.4 is 12.4 Å². The van der Waals surface area contributed by atoms with Crippen molar-refractivity contribution in [2.75, 3.05) is 0 Å². The fraction of sp³-hybridized carbons (Fsp3) is 0.671. The van der Waals surface area contributed by atoms with Crippen molar-refractivity contribution in [1.29, 1.82) is 0 Å². The zero-order valence-electron chi connectivity index (χ0n) is 67.4. The van der Waals surface area contributed by atoms with Gasteiger partial charge in [-0.1, -0.05) is 80.1 Å². The van der Waals surface area contributed by atoms with Crippen molar-refractivity contribution in [3.05, 3.63) is 59.7 Å². The summed E-state index contributed by atoms with van der Waals surface area (Å²) in [5.41, 5.74) is 11.8. The minimum Gasteiger partial charge on any atom is -0.481 e. The molecule has 0 aliphatic carbocycles. The van der Waals surface area contributed by atoms with Gasteiger partial charge in [0.2, 0.25) is 0 Å². The molecule has 0 spiro atoms. The van der Waals surface area contributed by atoms with Gasteiger partial charge in [0.15, 0.2) is 0 Å². The van der Waals surface area contributed by atoms with Crippen molar-refractivity contribution < 1.29 is 9.47 Å². The third-order valence-electron chi connectivity index (χ3n) is 23.0. The quantitative estimate of drug-likeness (QED) is 0.0354. The topological polar surface area (TPSA) is 119 Å². The van der Waals surface area contributed by atoms with Crippen LogP contribution in [-0.4, -0.2) is 35.9 Å². The SMILES string of the molecule is Brc1c2c(c(Br)c3nsnc13)N=S=N2.CCC[CH2][Sn]([CH2]CCC)([CH2]CCC)[c]1cc2c(s1)-c1sc(C)cc1OC2(CCC(C)CCCC(C)C)CCC(C)CCCC(C)C.Cc1cc2c(s1)-c1sc(-c3c4c(c(C)c5nsnc35)N=S=N4)cc1C(CCC(C)CCCC(C)C)(CCC(C)CCCC(C)C)O2. The van der Waals surface area contributed by atoms with Crippen LogP contribution in [-0.2, 0) is 33.9 Å². The molecule has 2 aromatic carbocycles. The Kier molecular flexibility index (Phi) is 32.8. The third-order valence-corrected chi connectivity index (χ3v) is 49.5. The first-order valence-electron chi connectivity index (χ1n) is 40.8. The summed E-state index contributed by atoms with van der Waals surface area (Å²) >= 11 is 17.3. The maximum absolute atomic E-state index is 7.46. The van der Waals surface area contributed by atoms with Gasteiger partial charge in [-0.15, -0.1) is 22.7 Å². The van der Waals surface area contributed by atoms with E-state index in [1.165, 1.54) is 241 Å². The molecule has 8 aromatic rings. The number of halogens is 2. The van der Waals surface area contributed by atoms with Crippen LogP contribution in [0.15, 0.2) is 50.7 Å². The molecule has 6 aromatic heterocycles. The fourth-order valence-corrected chi connectivity index (χ4v) is 44.0. The number of hydrogen-bond acceptors (Lipinski definition) is 16. The van der Waals surface area contributed by atoms with Crippen molar-refractivity contribution in [3.8, 4) is 41.4 Å². The van der Waals surface area contributed by atoms with Crippen molar-refractivity contribution in [1.82, 2.24) is 17.5 Å². The smallest absolute Gasteiger partial charge is 0.481 e. The summed E-state index contributed by atoms with van der Waals surface area (Å²) in [7, 11) is 0. The Hall–Kier alpha value is -2.12. The molecule has 582 valence electrons. The van der Waals surface area contributed by atoms with E-state index >= 15 is 0 Å². The van der Waals surface area contributed by atoms with Gasteiger partial charge in [0.05, 0.1) is 64.9 Å². The summed E-state index contributed by atoms with van der Waals surface area (Å²) in [4.78, 5) is 9.66. The molecule has 4 atom stereocenters. The fourth-order valence-electron chi connectivity index (χ4n) is 16.3. The van der Waals surface area contributed by atoms with Gasteiger partial charge in [-0.2, -0.15) is 34.9 Å². The molecule has 10 heterocycles. The van der Waals surface area contributed by atoms with Gasteiger partial charge in [0.25, 0.3) is 0 Å². The number of ether oxygens (including phenoxy) is 2. The Labute approximate surface area is 691 Å². The van der Waals surface area contributed by atoms with Crippen LogP contribution in [0.4, 0.5) is 22.7 Å². The summed E-state index contributed by atoms with van der Waals surface area (Å²) in [6.07, 6.45) is 33.6. The number of aromatic nitrogens is 4. The Balaban J connectivity index is 0.000000191. The van der Waals surface area contributed by atoms with Gasteiger partial charge >= 0.3 is 301 Å². The maximum atomic E-state index is 7.46. The van der Waals surface area contributed by atoms with Gasteiger partial charge < -0.3 is 4.74 Å². The average molecular weight is 1830 g/mol. The second-order valence-corrected chi connectivity index (χ2v) is 56.4. The molecule has 4 aliphatic rings. The summed E-state index contributed by atoms with van der Waals surface area (Å²) in [6.45, 7) is 42.7. The van der Waals surface area contributed by atoms with Gasteiger partial charge in [0, 0.05) is 26.4 Å². The van der Waals surface area contributed by atoms with Crippen LogP contribution in [0.2, 0.25) is 13.3 Å². The van der Waals surface area contributed by atoms with Crippen LogP contribution in [0, 0.1) is 68.1 Å². The monoisotopic (exact) mass is 1820 g/mol. The van der Waals surface area contributed by atoms with Crippen molar-refractivity contribution in [2.45, 2.75) is 316 Å². The number of fused-ring (bicyclic) bond motifs is 10. The molecule has 21 heteroatoms. The summed E-state index contributed by atoms with van der Waals surface area (Å²) in [5.74, 6) is 8.30. The molecular formula is C85H124Br2N8O2S8Sn. The molecule has 0 saturated carbocycles. The Morgan fingerprint density at radius 2 is 0.764 bits per heavy atom. The number of hydrogen-bond donors (Lipinski definition) is 0. The number of unbranched alkanes of at least 4 members (excludes halogenated alkanes) is 3. The molecule has 0 N–H and O–H groups in total. The second-order valence-electron chi connectivity index (χ2n) is 33.9. The van der Waals surface area contributed by atoms with Crippen LogP contribution in [0.25, 0.3) is 52.0 Å². The van der Waals surface area contributed by atoms with E-state index in [0.717, 1.165) is 119 Å². The predicted molar refractivity (Wildman–Crippen MR) is 479 cm³/mol. The van der Waals surface area contributed by atoms with Crippen LogP contribution in [0.3, 0.4) is 0 Å². The number of aryl methyl sites for hydroxylation is 3. The first-order valence-corrected chi connectivity index (χ1v) is 56.1.